The van der Waals surface area contributed by atoms with Crippen LogP contribution in [0.2, 0.25) is 0 Å². The number of aliphatic hydroxyl groups is 1. The van der Waals surface area contributed by atoms with Crippen LogP contribution in [0.4, 0.5) is 5.95 Å². The summed E-state index contributed by atoms with van der Waals surface area (Å²) >= 11 is 0. The van der Waals surface area contributed by atoms with Crippen molar-refractivity contribution in [2.24, 2.45) is 5.41 Å². The Balaban J connectivity index is 1.94. The number of hydrogen-bond donors (Lipinski definition) is 2. The van der Waals surface area contributed by atoms with Crippen molar-refractivity contribution >= 4 is 5.95 Å². The van der Waals surface area contributed by atoms with Crippen LogP contribution in [0.5, 0.6) is 5.88 Å². The summed E-state index contributed by atoms with van der Waals surface area (Å²) < 4.78 is 5.33. The molecule has 1 saturated carbocycles. The van der Waals surface area contributed by atoms with Crippen molar-refractivity contribution in [3.8, 4) is 5.88 Å². The van der Waals surface area contributed by atoms with Gasteiger partial charge >= 0.3 is 0 Å². The molecule has 0 aliphatic heterocycles. The largest absolute Gasteiger partial charge is 0.478 e. The molecule has 100 valence electrons. The van der Waals surface area contributed by atoms with Gasteiger partial charge in [0.25, 0.3) is 0 Å². The molecule has 5 heteroatoms. The van der Waals surface area contributed by atoms with Crippen molar-refractivity contribution in [3.63, 3.8) is 0 Å². The number of anilines is 1. The summed E-state index contributed by atoms with van der Waals surface area (Å²) in [5.41, 5.74) is 0.00494. The van der Waals surface area contributed by atoms with E-state index in [9.17, 15) is 5.11 Å². The summed E-state index contributed by atoms with van der Waals surface area (Å²) in [6, 6.07) is 1.74. The Morgan fingerprint density at radius 3 is 2.89 bits per heavy atom. The van der Waals surface area contributed by atoms with E-state index in [1.807, 2.05) is 6.92 Å². The molecule has 1 heterocycles. The molecule has 0 bridgehead atoms. The number of nitrogens with one attached hydrogen (secondary N) is 1. The standard InChI is InChI=1S/C13H21N3O2/c1-2-18-11-5-8-14-12(16-11)15-9-13(10-17)6-3-4-7-13/h5,8,17H,2-4,6-7,9-10H2,1H3,(H,14,15,16). The average Bonchev–Trinajstić information content (AvgIpc) is 2.87. The lowest BCUT2D eigenvalue weighted by Crippen LogP contribution is -2.31. The van der Waals surface area contributed by atoms with Crippen LogP contribution in [-0.2, 0) is 0 Å². The number of aromatic nitrogens is 2. The Bertz CT molecular complexity index is 378. The minimum atomic E-state index is 0.00494. The fourth-order valence-electron chi connectivity index (χ4n) is 2.44. The van der Waals surface area contributed by atoms with Gasteiger partial charge in [0.1, 0.15) is 0 Å². The van der Waals surface area contributed by atoms with Crippen LogP contribution < -0.4 is 10.1 Å². The number of aliphatic hydroxyl groups excluding tert-OH is 1. The predicted octanol–water partition coefficient (Wildman–Crippen LogP) is 1.84. The molecule has 0 saturated heterocycles. The van der Waals surface area contributed by atoms with Crippen LogP contribution in [0.25, 0.3) is 0 Å². The number of nitrogens with zero attached hydrogens (tertiary/aromatic N) is 2. The van der Waals surface area contributed by atoms with Gasteiger partial charge in [0.05, 0.1) is 13.2 Å². The molecule has 0 atom stereocenters. The van der Waals surface area contributed by atoms with Gasteiger partial charge in [0, 0.05) is 24.2 Å². The molecule has 2 rings (SSSR count). The first-order chi connectivity index (χ1) is 8.78. The van der Waals surface area contributed by atoms with E-state index in [1.54, 1.807) is 12.3 Å². The van der Waals surface area contributed by atoms with Crippen LogP contribution >= 0.6 is 0 Å². The Kier molecular flexibility index (Phi) is 4.36. The molecule has 0 amide bonds. The van der Waals surface area contributed by atoms with E-state index in [4.69, 9.17) is 4.74 Å². The van der Waals surface area contributed by atoms with E-state index in [1.165, 1.54) is 12.8 Å². The second kappa shape index (κ2) is 6.00. The molecule has 5 nitrogen and oxygen atoms in total. The van der Waals surface area contributed by atoms with E-state index >= 15 is 0 Å². The molecule has 0 radical (unpaired) electrons. The molecule has 1 aromatic heterocycles. The maximum atomic E-state index is 9.53. The summed E-state index contributed by atoms with van der Waals surface area (Å²) in [5, 5.41) is 12.7. The van der Waals surface area contributed by atoms with Gasteiger partial charge in [-0.2, -0.15) is 4.98 Å². The van der Waals surface area contributed by atoms with Crippen LogP contribution in [0.15, 0.2) is 12.3 Å². The van der Waals surface area contributed by atoms with Gasteiger partial charge in [-0.15, -0.1) is 0 Å². The molecule has 0 aromatic carbocycles. The highest BCUT2D eigenvalue weighted by Gasteiger charge is 2.33. The summed E-state index contributed by atoms with van der Waals surface area (Å²) in [6.07, 6.45) is 6.22. The summed E-state index contributed by atoms with van der Waals surface area (Å²) in [5.74, 6) is 1.15. The molecular weight excluding hydrogens is 230 g/mol. The third-order valence-corrected chi connectivity index (χ3v) is 3.54. The smallest absolute Gasteiger partial charge is 0.225 e. The van der Waals surface area contributed by atoms with Gasteiger partial charge in [-0.1, -0.05) is 12.8 Å². The van der Waals surface area contributed by atoms with Crippen molar-refractivity contribution in [2.45, 2.75) is 32.6 Å². The summed E-state index contributed by atoms with van der Waals surface area (Å²) in [4.78, 5) is 8.43. The number of rotatable bonds is 6. The molecule has 1 aromatic rings. The average molecular weight is 251 g/mol. The molecule has 0 unspecified atom stereocenters. The minimum Gasteiger partial charge on any atom is -0.478 e. The van der Waals surface area contributed by atoms with Crippen molar-refractivity contribution in [1.29, 1.82) is 0 Å². The highest BCUT2D eigenvalue weighted by molar-refractivity contribution is 5.28. The lowest BCUT2D eigenvalue weighted by molar-refractivity contribution is 0.142. The second-order valence-corrected chi connectivity index (χ2v) is 4.87. The maximum Gasteiger partial charge on any atom is 0.225 e. The van der Waals surface area contributed by atoms with Crippen LogP contribution in [-0.4, -0.2) is 34.8 Å². The van der Waals surface area contributed by atoms with Gasteiger partial charge in [-0.25, -0.2) is 4.98 Å². The van der Waals surface area contributed by atoms with Crippen molar-refractivity contribution in [2.75, 3.05) is 25.1 Å². The molecule has 1 aliphatic rings. The fourth-order valence-corrected chi connectivity index (χ4v) is 2.44. The van der Waals surface area contributed by atoms with E-state index in [0.717, 1.165) is 19.4 Å². The second-order valence-electron chi connectivity index (χ2n) is 4.87. The lowest BCUT2D eigenvalue weighted by Gasteiger charge is -2.26. The van der Waals surface area contributed by atoms with Crippen LogP contribution in [0.3, 0.4) is 0 Å². The fraction of sp³-hybridized carbons (Fsp3) is 0.692. The molecule has 2 N–H and O–H groups in total. The Hall–Kier alpha value is -1.36. The van der Waals surface area contributed by atoms with E-state index < -0.39 is 0 Å². The van der Waals surface area contributed by atoms with Crippen molar-refractivity contribution in [1.82, 2.24) is 9.97 Å². The normalized spacial score (nSPS) is 17.7. The predicted molar refractivity (Wildman–Crippen MR) is 69.7 cm³/mol. The number of hydrogen-bond acceptors (Lipinski definition) is 5. The SMILES string of the molecule is CCOc1ccnc(NCC2(CO)CCCC2)n1. The maximum absolute atomic E-state index is 9.53. The first-order valence-corrected chi connectivity index (χ1v) is 6.58. The first kappa shape index (κ1) is 13.1. The molecule has 0 spiro atoms. The van der Waals surface area contributed by atoms with Gasteiger partial charge in [0.15, 0.2) is 0 Å². The monoisotopic (exact) mass is 251 g/mol. The van der Waals surface area contributed by atoms with Crippen molar-refractivity contribution < 1.29 is 9.84 Å². The number of ether oxygens (including phenoxy) is 1. The third kappa shape index (κ3) is 3.10. The Morgan fingerprint density at radius 2 is 2.22 bits per heavy atom. The first-order valence-electron chi connectivity index (χ1n) is 6.58. The van der Waals surface area contributed by atoms with E-state index in [-0.39, 0.29) is 12.0 Å². The zero-order valence-electron chi connectivity index (χ0n) is 10.9. The quantitative estimate of drug-likeness (QED) is 0.807. The Morgan fingerprint density at radius 1 is 1.44 bits per heavy atom. The zero-order valence-corrected chi connectivity index (χ0v) is 10.9. The topological polar surface area (TPSA) is 67.3 Å². The summed E-state index contributed by atoms with van der Waals surface area (Å²) in [6.45, 7) is 3.47. The lowest BCUT2D eigenvalue weighted by atomic mass is 9.87. The molecule has 1 fully saturated rings. The molecular formula is C13H21N3O2. The highest BCUT2D eigenvalue weighted by Crippen LogP contribution is 2.37. The van der Waals surface area contributed by atoms with Gasteiger partial charge in [-0.3, -0.25) is 0 Å². The molecule has 1 aliphatic carbocycles. The molecule has 18 heavy (non-hydrogen) atoms. The van der Waals surface area contributed by atoms with Crippen LogP contribution in [0, 0.1) is 5.41 Å². The highest BCUT2D eigenvalue weighted by atomic mass is 16.5. The van der Waals surface area contributed by atoms with Gasteiger partial charge in [-0.05, 0) is 19.8 Å². The van der Waals surface area contributed by atoms with Crippen molar-refractivity contribution in [3.05, 3.63) is 12.3 Å². The van der Waals surface area contributed by atoms with Gasteiger partial charge < -0.3 is 15.2 Å². The van der Waals surface area contributed by atoms with E-state index in [0.29, 0.717) is 18.4 Å². The van der Waals surface area contributed by atoms with E-state index in [2.05, 4.69) is 15.3 Å². The summed E-state index contributed by atoms with van der Waals surface area (Å²) in [7, 11) is 0. The van der Waals surface area contributed by atoms with Gasteiger partial charge in [0.2, 0.25) is 11.8 Å². The zero-order chi connectivity index (χ0) is 12.8. The Labute approximate surface area is 108 Å². The van der Waals surface area contributed by atoms with Crippen LogP contribution in [0.1, 0.15) is 32.6 Å². The minimum absolute atomic E-state index is 0.00494. The third-order valence-electron chi connectivity index (χ3n) is 3.54.